The summed E-state index contributed by atoms with van der Waals surface area (Å²) in [6.45, 7) is 1.32. The van der Waals surface area contributed by atoms with E-state index in [9.17, 15) is 26.0 Å². The van der Waals surface area contributed by atoms with E-state index in [2.05, 4.69) is 11.1 Å². The van der Waals surface area contributed by atoms with Gasteiger partial charge in [0.2, 0.25) is 0 Å². The zero-order valence-corrected chi connectivity index (χ0v) is 22.1. The van der Waals surface area contributed by atoms with Crippen molar-refractivity contribution in [2.75, 3.05) is 23.9 Å². The average Bonchev–Trinajstić information content (AvgIpc) is 2.75. The van der Waals surface area contributed by atoms with E-state index in [-0.39, 0.29) is 5.75 Å². The summed E-state index contributed by atoms with van der Waals surface area (Å²) < 4.78 is 77.1. The molecule has 0 rings (SSSR count). The normalized spacial score (nSPS) is 12.7. The minimum Gasteiger partial charge on any atom is -0.270 e. The Hall–Kier alpha value is -0.0200. The molecule has 0 saturated heterocycles. The van der Waals surface area contributed by atoms with Gasteiger partial charge in [0.1, 0.15) is 0 Å². The van der Waals surface area contributed by atoms with Gasteiger partial charge in [-0.05, 0) is 12.2 Å². The van der Waals surface area contributed by atoms with E-state index in [0.717, 1.165) is 18.6 Å². The van der Waals surface area contributed by atoms with Crippen molar-refractivity contribution >= 4 is 21.9 Å². The van der Waals surface area contributed by atoms with Crippen LogP contribution in [0.1, 0.15) is 116 Å². The fourth-order valence-electron chi connectivity index (χ4n) is 3.49. The van der Waals surface area contributed by atoms with E-state index in [1.807, 2.05) is 0 Å². The SMILES string of the molecule is CCCCCCCCCCCCCCCCCCSCCS(=O)(=O)OCCC(F)(F)C(F)F. The number of hydrogen-bond acceptors (Lipinski definition) is 4. The fourth-order valence-corrected chi connectivity index (χ4v) is 5.84. The molecule has 0 saturated carbocycles. The molecule has 0 atom stereocenters. The summed E-state index contributed by atoms with van der Waals surface area (Å²) in [4.78, 5) is 0. The van der Waals surface area contributed by atoms with Gasteiger partial charge < -0.3 is 0 Å². The molecule has 0 aromatic carbocycles. The number of alkyl halides is 4. The number of hydrogen-bond donors (Lipinski definition) is 0. The predicted molar refractivity (Wildman–Crippen MR) is 132 cm³/mol. The lowest BCUT2D eigenvalue weighted by Gasteiger charge is -2.14. The quantitative estimate of drug-likeness (QED) is 0.0684. The topological polar surface area (TPSA) is 43.4 Å². The van der Waals surface area contributed by atoms with E-state index >= 15 is 0 Å². The minimum atomic E-state index is -4.22. The average molecular weight is 523 g/mol. The molecule has 33 heavy (non-hydrogen) atoms. The largest absolute Gasteiger partial charge is 0.309 e. The van der Waals surface area contributed by atoms with E-state index in [1.165, 1.54) is 102 Å². The number of rotatable bonds is 25. The summed E-state index contributed by atoms with van der Waals surface area (Å²) in [6, 6.07) is 0. The lowest BCUT2D eigenvalue weighted by molar-refractivity contribution is -0.136. The molecule has 9 heteroatoms. The highest BCUT2D eigenvalue weighted by molar-refractivity contribution is 8.00. The first-order valence-electron chi connectivity index (χ1n) is 12.8. The van der Waals surface area contributed by atoms with Crippen LogP contribution in [0.5, 0.6) is 0 Å². The smallest absolute Gasteiger partial charge is 0.270 e. The van der Waals surface area contributed by atoms with Gasteiger partial charge in [-0.15, -0.1) is 0 Å². The Morgan fingerprint density at radius 2 is 1.15 bits per heavy atom. The standard InChI is InChI=1S/C24H46F4O3S2/c1-2-3-4-5-6-7-8-9-10-11-12-13-14-15-16-17-20-32-21-22-33(29,30)31-19-18-24(27,28)23(25)26/h23H,2-22H2,1H3. The van der Waals surface area contributed by atoms with Crippen molar-refractivity contribution < 1.29 is 30.2 Å². The van der Waals surface area contributed by atoms with Crippen LogP contribution >= 0.6 is 11.8 Å². The van der Waals surface area contributed by atoms with Crippen LogP contribution in [0.15, 0.2) is 0 Å². The monoisotopic (exact) mass is 522 g/mol. The van der Waals surface area contributed by atoms with Crippen LogP contribution < -0.4 is 0 Å². The van der Waals surface area contributed by atoms with Gasteiger partial charge in [-0.2, -0.15) is 20.2 Å². The van der Waals surface area contributed by atoms with Crippen molar-refractivity contribution in [2.24, 2.45) is 0 Å². The molecule has 0 unspecified atom stereocenters. The predicted octanol–water partition coefficient (Wildman–Crippen LogP) is 8.62. The molecule has 200 valence electrons. The molecule has 0 fully saturated rings. The lowest BCUT2D eigenvalue weighted by Crippen LogP contribution is -2.29. The Morgan fingerprint density at radius 1 is 0.727 bits per heavy atom. The molecule has 0 aromatic rings. The van der Waals surface area contributed by atoms with Crippen molar-refractivity contribution in [1.82, 2.24) is 0 Å². The van der Waals surface area contributed by atoms with Gasteiger partial charge in [-0.25, -0.2) is 17.6 Å². The third-order valence-corrected chi connectivity index (χ3v) is 8.20. The van der Waals surface area contributed by atoms with Gasteiger partial charge >= 0.3 is 12.3 Å². The van der Waals surface area contributed by atoms with Crippen LogP contribution in [-0.4, -0.2) is 44.6 Å². The minimum absolute atomic E-state index is 0.295. The Morgan fingerprint density at radius 3 is 1.58 bits per heavy atom. The molecule has 0 aromatic heterocycles. The second-order valence-corrected chi connectivity index (χ2v) is 11.8. The van der Waals surface area contributed by atoms with Crippen LogP contribution in [0.2, 0.25) is 0 Å². The third-order valence-electron chi connectivity index (χ3n) is 5.64. The molecule has 0 heterocycles. The summed E-state index contributed by atoms with van der Waals surface area (Å²) in [5.41, 5.74) is 0. The first kappa shape index (κ1) is 33.0. The molecular weight excluding hydrogens is 476 g/mol. The van der Waals surface area contributed by atoms with Crippen molar-refractivity contribution in [3.63, 3.8) is 0 Å². The van der Waals surface area contributed by atoms with Gasteiger partial charge in [-0.3, -0.25) is 4.18 Å². The highest BCUT2D eigenvalue weighted by atomic mass is 32.2. The van der Waals surface area contributed by atoms with Crippen LogP contribution in [0, 0.1) is 0 Å². The van der Waals surface area contributed by atoms with Crippen LogP contribution in [-0.2, 0) is 14.3 Å². The second kappa shape index (κ2) is 21.3. The molecule has 0 spiro atoms. The highest BCUT2D eigenvalue weighted by Crippen LogP contribution is 2.26. The van der Waals surface area contributed by atoms with E-state index in [1.54, 1.807) is 0 Å². The zero-order valence-electron chi connectivity index (χ0n) is 20.5. The van der Waals surface area contributed by atoms with Gasteiger partial charge in [0.15, 0.2) is 0 Å². The van der Waals surface area contributed by atoms with Crippen molar-refractivity contribution in [2.45, 2.75) is 128 Å². The maximum absolute atomic E-state index is 12.7. The van der Waals surface area contributed by atoms with Gasteiger partial charge in [0.05, 0.1) is 12.4 Å². The number of thioether (sulfide) groups is 1. The van der Waals surface area contributed by atoms with E-state index in [4.69, 9.17) is 0 Å². The molecule has 3 nitrogen and oxygen atoms in total. The Bertz CT molecular complexity index is 532. The first-order valence-corrected chi connectivity index (χ1v) is 15.6. The van der Waals surface area contributed by atoms with Gasteiger partial charge in [0.25, 0.3) is 10.1 Å². The molecule has 0 aliphatic rings. The number of halogens is 4. The van der Waals surface area contributed by atoms with E-state index < -0.39 is 35.5 Å². The summed E-state index contributed by atoms with van der Waals surface area (Å²) in [6.07, 6.45) is 15.7. The highest BCUT2D eigenvalue weighted by Gasteiger charge is 2.40. The molecular formula is C24H46F4O3S2. The summed E-state index contributed by atoms with van der Waals surface area (Å²) in [5, 5.41) is 0. The Balaban J connectivity index is 3.36. The van der Waals surface area contributed by atoms with Crippen molar-refractivity contribution in [3.8, 4) is 0 Å². The fraction of sp³-hybridized carbons (Fsp3) is 1.00. The third kappa shape index (κ3) is 22.2. The zero-order chi connectivity index (χ0) is 24.8. The summed E-state index contributed by atoms with van der Waals surface area (Å²) in [5.74, 6) is -3.36. The lowest BCUT2D eigenvalue weighted by atomic mass is 10.0. The maximum atomic E-state index is 12.7. The van der Waals surface area contributed by atoms with Crippen LogP contribution in [0.4, 0.5) is 17.6 Å². The Labute approximate surface area is 204 Å². The second-order valence-electron chi connectivity index (χ2n) is 8.81. The molecule has 0 radical (unpaired) electrons. The first-order chi connectivity index (χ1) is 15.7. The molecule has 0 aliphatic carbocycles. The van der Waals surface area contributed by atoms with Crippen LogP contribution in [0.3, 0.4) is 0 Å². The van der Waals surface area contributed by atoms with Gasteiger partial charge in [-0.1, -0.05) is 103 Å². The molecule has 0 N–H and O–H groups in total. The van der Waals surface area contributed by atoms with Crippen molar-refractivity contribution in [1.29, 1.82) is 0 Å². The number of unbranched alkanes of at least 4 members (excludes halogenated alkanes) is 15. The van der Waals surface area contributed by atoms with Crippen molar-refractivity contribution in [3.05, 3.63) is 0 Å². The van der Waals surface area contributed by atoms with E-state index in [0.29, 0.717) is 5.75 Å². The van der Waals surface area contributed by atoms with Gasteiger partial charge in [0, 0.05) is 12.2 Å². The summed E-state index contributed by atoms with van der Waals surface area (Å²) in [7, 11) is -3.95. The van der Waals surface area contributed by atoms with Crippen LogP contribution in [0.25, 0.3) is 0 Å². The summed E-state index contributed by atoms with van der Waals surface area (Å²) >= 11 is 1.48. The Kier molecular flexibility index (Phi) is 21.3. The molecule has 0 amide bonds. The molecule has 0 bridgehead atoms. The maximum Gasteiger partial charge on any atom is 0.309 e. The molecule has 0 aliphatic heterocycles.